The van der Waals surface area contributed by atoms with Crippen molar-refractivity contribution in [3.63, 3.8) is 0 Å². The molecule has 2 unspecified atom stereocenters. The highest BCUT2D eigenvalue weighted by molar-refractivity contribution is 6.01. The summed E-state index contributed by atoms with van der Waals surface area (Å²) in [6, 6.07) is 16.7. The van der Waals surface area contributed by atoms with E-state index in [2.05, 4.69) is 0 Å². The van der Waals surface area contributed by atoms with Gasteiger partial charge in [-0.3, -0.25) is 4.79 Å². The van der Waals surface area contributed by atoms with Crippen LogP contribution in [0.1, 0.15) is 17.3 Å². The molecule has 0 aliphatic carbocycles. The Hall–Kier alpha value is -2.17. The summed E-state index contributed by atoms with van der Waals surface area (Å²) in [6.45, 7) is 1.31. The fourth-order valence-electron chi connectivity index (χ4n) is 1.79. The zero-order valence-electron chi connectivity index (χ0n) is 11.1. The summed E-state index contributed by atoms with van der Waals surface area (Å²) in [6.07, 6.45) is -1.38. The molecule has 4 heteroatoms. The van der Waals surface area contributed by atoms with E-state index in [0.717, 1.165) is 0 Å². The van der Waals surface area contributed by atoms with Crippen LogP contribution in [0, 0.1) is 0 Å². The Morgan fingerprint density at radius 1 is 1.05 bits per heavy atom. The van der Waals surface area contributed by atoms with Gasteiger partial charge in [-0.1, -0.05) is 48.5 Å². The second kappa shape index (κ2) is 5.86. The fourth-order valence-corrected chi connectivity index (χ4v) is 1.79. The quantitative estimate of drug-likeness (QED) is 0.645. The number of aliphatic hydroxyl groups excluding tert-OH is 1. The van der Waals surface area contributed by atoms with Gasteiger partial charge in [-0.05, 0) is 19.1 Å². The smallest absolute Gasteiger partial charge is 0.298 e. The predicted molar refractivity (Wildman–Crippen MR) is 74.5 cm³/mol. The molecular formula is C16H16O4. The monoisotopic (exact) mass is 272 g/mol. The van der Waals surface area contributed by atoms with Crippen LogP contribution in [-0.2, 0) is 0 Å². The van der Waals surface area contributed by atoms with Crippen LogP contribution >= 0.6 is 0 Å². The largest absolute Gasteiger partial charge is 0.452 e. The van der Waals surface area contributed by atoms with E-state index in [9.17, 15) is 15.0 Å². The van der Waals surface area contributed by atoms with Gasteiger partial charge < -0.3 is 14.9 Å². The third-order valence-corrected chi connectivity index (χ3v) is 2.94. The van der Waals surface area contributed by atoms with Crippen LogP contribution in [0.25, 0.3) is 0 Å². The molecule has 0 aliphatic heterocycles. The molecule has 0 saturated heterocycles. The molecule has 0 bridgehead atoms. The van der Waals surface area contributed by atoms with Crippen LogP contribution in [0.15, 0.2) is 60.7 Å². The van der Waals surface area contributed by atoms with E-state index in [-0.39, 0.29) is 5.56 Å². The molecule has 0 aliphatic rings. The molecule has 0 spiro atoms. The standard InChI is InChI=1S/C16H16O4/c1-12(17)16(19,20-14-10-6-3-7-11-14)15(18)13-8-4-2-5-9-13/h2-12,17,19H,1H3. The van der Waals surface area contributed by atoms with Crippen molar-refractivity contribution >= 4 is 5.78 Å². The van der Waals surface area contributed by atoms with Crippen molar-refractivity contribution in [2.45, 2.75) is 18.8 Å². The number of benzene rings is 2. The van der Waals surface area contributed by atoms with Gasteiger partial charge in [0.15, 0.2) is 0 Å². The van der Waals surface area contributed by atoms with Crippen molar-refractivity contribution in [2.24, 2.45) is 0 Å². The van der Waals surface area contributed by atoms with Crippen molar-refractivity contribution in [1.29, 1.82) is 0 Å². The number of hydrogen-bond donors (Lipinski definition) is 2. The van der Waals surface area contributed by atoms with Crippen LogP contribution in [0.3, 0.4) is 0 Å². The van der Waals surface area contributed by atoms with Crippen molar-refractivity contribution < 1.29 is 19.7 Å². The number of ketones is 1. The van der Waals surface area contributed by atoms with Crippen LogP contribution in [-0.4, -0.2) is 27.9 Å². The van der Waals surface area contributed by atoms with Crippen molar-refractivity contribution in [2.75, 3.05) is 0 Å². The lowest BCUT2D eigenvalue weighted by Crippen LogP contribution is -2.53. The average molecular weight is 272 g/mol. The first-order valence-corrected chi connectivity index (χ1v) is 6.28. The molecule has 20 heavy (non-hydrogen) atoms. The summed E-state index contributed by atoms with van der Waals surface area (Å²) in [5.41, 5.74) is 0.270. The lowest BCUT2D eigenvalue weighted by atomic mass is 9.99. The number of Topliss-reactive ketones (excluding diaryl/α,β-unsaturated/α-hetero) is 1. The van der Waals surface area contributed by atoms with Gasteiger partial charge in [0.1, 0.15) is 11.9 Å². The van der Waals surface area contributed by atoms with Gasteiger partial charge >= 0.3 is 0 Å². The van der Waals surface area contributed by atoms with E-state index in [1.165, 1.54) is 6.92 Å². The molecule has 2 rings (SSSR count). The highest BCUT2D eigenvalue weighted by atomic mass is 16.6. The fraction of sp³-hybridized carbons (Fsp3) is 0.188. The maximum absolute atomic E-state index is 12.4. The van der Waals surface area contributed by atoms with Gasteiger partial charge in [-0.25, -0.2) is 0 Å². The maximum Gasteiger partial charge on any atom is 0.298 e. The molecule has 0 saturated carbocycles. The Bertz CT molecular complexity index is 566. The van der Waals surface area contributed by atoms with Crippen LogP contribution in [0.4, 0.5) is 0 Å². The Morgan fingerprint density at radius 2 is 1.55 bits per heavy atom. The van der Waals surface area contributed by atoms with Crippen LogP contribution < -0.4 is 4.74 Å². The number of hydrogen-bond acceptors (Lipinski definition) is 4. The lowest BCUT2D eigenvalue weighted by molar-refractivity contribution is -0.162. The minimum Gasteiger partial charge on any atom is -0.452 e. The van der Waals surface area contributed by atoms with E-state index in [1.54, 1.807) is 60.7 Å². The van der Waals surface area contributed by atoms with E-state index in [0.29, 0.717) is 5.75 Å². The Labute approximate surface area is 117 Å². The molecule has 2 atom stereocenters. The van der Waals surface area contributed by atoms with Gasteiger partial charge in [-0.15, -0.1) is 0 Å². The molecule has 0 aromatic heterocycles. The second-order valence-corrected chi connectivity index (χ2v) is 4.48. The van der Waals surface area contributed by atoms with Crippen LogP contribution in [0.2, 0.25) is 0 Å². The first-order valence-electron chi connectivity index (χ1n) is 6.28. The Morgan fingerprint density at radius 3 is 2.05 bits per heavy atom. The summed E-state index contributed by atoms with van der Waals surface area (Å²) in [4.78, 5) is 12.4. The summed E-state index contributed by atoms with van der Waals surface area (Å²) in [7, 11) is 0. The second-order valence-electron chi connectivity index (χ2n) is 4.48. The molecule has 2 aromatic rings. The molecule has 0 amide bonds. The molecule has 0 heterocycles. The van der Waals surface area contributed by atoms with Crippen molar-refractivity contribution in [3.8, 4) is 5.75 Å². The number of ether oxygens (including phenoxy) is 1. The molecule has 0 fully saturated rings. The molecular weight excluding hydrogens is 256 g/mol. The first-order chi connectivity index (χ1) is 9.54. The molecule has 2 aromatic carbocycles. The number of carbonyl (C=O) groups is 1. The first kappa shape index (κ1) is 14.2. The Balaban J connectivity index is 2.33. The zero-order valence-corrected chi connectivity index (χ0v) is 11.1. The highest BCUT2D eigenvalue weighted by Crippen LogP contribution is 2.23. The minimum atomic E-state index is -2.32. The normalized spacial score (nSPS) is 15.2. The lowest BCUT2D eigenvalue weighted by Gasteiger charge is -2.30. The summed E-state index contributed by atoms with van der Waals surface area (Å²) in [5, 5.41) is 20.2. The molecule has 104 valence electrons. The third-order valence-electron chi connectivity index (χ3n) is 2.94. The average Bonchev–Trinajstić information content (AvgIpc) is 2.48. The number of rotatable bonds is 5. The summed E-state index contributed by atoms with van der Waals surface area (Å²) >= 11 is 0. The number of carbonyl (C=O) groups excluding carboxylic acids is 1. The van der Waals surface area contributed by atoms with Gasteiger partial charge in [0.2, 0.25) is 5.78 Å². The predicted octanol–water partition coefficient (Wildman–Crippen LogP) is 2.02. The zero-order chi connectivity index (χ0) is 14.6. The molecule has 4 nitrogen and oxygen atoms in total. The topological polar surface area (TPSA) is 66.8 Å². The van der Waals surface area contributed by atoms with Gasteiger partial charge in [0.05, 0.1) is 0 Å². The molecule has 0 radical (unpaired) electrons. The SMILES string of the molecule is CC(O)C(O)(Oc1ccccc1)C(=O)c1ccccc1. The summed E-state index contributed by atoms with van der Waals surface area (Å²) in [5.74, 6) is -2.69. The van der Waals surface area contributed by atoms with Gasteiger partial charge in [0.25, 0.3) is 5.79 Å². The third kappa shape index (κ3) is 2.87. The van der Waals surface area contributed by atoms with Gasteiger partial charge in [-0.2, -0.15) is 0 Å². The van der Waals surface area contributed by atoms with E-state index >= 15 is 0 Å². The Kier molecular flexibility index (Phi) is 4.17. The number of para-hydroxylation sites is 1. The van der Waals surface area contributed by atoms with Crippen molar-refractivity contribution in [1.82, 2.24) is 0 Å². The molecule has 2 N–H and O–H groups in total. The minimum absolute atomic E-state index is 0.270. The highest BCUT2D eigenvalue weighted by Gasteiger charge is 2.44. The van der Waals surface area contributed by atoms with Crippen molar-refractivity contribution in [3.05, 3.63) is 66.2 Å². The van der Waals surface area contributed by atoms with Crippen LogP contribution in [0.5, 0.6) is 5.75 Å². The van der Waals surface area contributed by atoms with E-state index < -0.39 is 17.7 Å². The van der Waals surface area contributed by atoms with Gasteiger partial charge in [0, 0.05) is 5.56 Å². The van der Waals surface area contributed by atoms with E-state index in [4.69, 9.17) is 4.74 Å². The number of aliphatic hydroxyl groups is 2. The maximum atomic E-state index is 12.4. The summed E-state index contributed by atoms with van der Waals surface area (Å²) < 4.78 is 5.34. The van der Waals surface area contributed by atoms with E-state index in [1.807, 2.05) is 0 Å².